The molecule has 0 radical (unpaired) electrons. The molecule has 0 saturated carbocycles. The lowest BCUT2D eigenvalue weighted by atomic mass is 9.93. The fraction of sp³-hybridized carbons (Fsp3) is 0.312. The first-order valence-corrected chi connectivity index (χ1v) is 7.35. The zero-order valence-corrected chi connectivity index (χ0v) is 11.8. The maximum atomic E-state index is 4.59. The number of allylic oxidation sites excluding steroid dienone is 2. The minimum absolute atomic E-state index is 0.528. The number of fused-ring (bicyclic) bond motifs is 1. The second-order valence-corrected chi connectivity index (χ2v) is 5.44. The van der Waals surface area contributed by atoms with Crippen molar-refractivity contribution in [3.05, 3.63) is 60.6 Å². The summed E-state index contributed by atoms with van der Waals surface area (Å²) in [5, 5.41) is 4.30. The smallest absolute Gasteiger partial charge is 0.155 e. The Balaban J connectivity index is 1.67. The molecule has 1 atom stereocenters. The maximum absolute atomic E-state index is 4.59. The van der Waals surface area contributed by atoms with Crippen LogP contribution < -0.4 is 0 Å². The standard InChI is InChI=1S/C16H17N5/c1-2-5-13(6-3-1)16-17-9-10-20(16)11-14-7-4-8-15-18-12-19-21(14)15/h1-2,4,7-10,12-13H,3,5-6,11H2. The highest BCUT2D eigenvalue weighted by molar-refractivity contribution is 5.37. The van der Waals surface area contributed by atoms with Gasteiger partial charge in [-0.25, -0.2) is 14.5 Å². The minimum Gasteiger partial charge on any atom is -0.329 e. The van der Waals surface area contributed by atoms with Crippen LogP contribution in [-0.4, -0.2) is 24.1 Å². The lowest BCUT2D eigenvalue weighted by molar-refractivity contribution is 0.546. The number of imidazole rings is 1. The van der Waals surface area contributed by atoms with Gasteiger partial charge in [0.2, 0.25) is 0 Å². The molecule has 0 amide bonds. The summed E-state index contributed by atoms with van der Waals surface area (Å²) in [6.45, 7) is 0.774. The van der Waals surface area contributed by atoms with E-state index in [2.05, 4.69) is 44.0 Å². The molecular formula is C16H17N5. The van der Waals surface area contributed by atoms with Gasteiger partial charge in [-0.2, -0.15) is 5.10 Å². The minimum atomic E-state index is 0.528. The van der Waals surface area contributed by atoms with Crippen molar-refractivity contribution in [1.82, 2.24) is 24.1 Å². The monoisotopic (exact) mass is 279 g/mol. The third-order valence-electron chi connectivity index (χ3n) is 4.09. The normalized spacial score (nSPS) is 18.4. The number of pyridine rings is 1. The van der Waals surface area contributed by atoms with Gasteiger partial charge in [-0.3, -0.25) is 0 Å². The van der Waals surface area contributed by atoms with E-state index in [1.807, 2.05) is 22.8 Å². The van der Waals surface area contributed by atoms with Crippen molar-refractivity contribution >= 4 is 5.65 Å². The van der Waals surface area contributed by atoms with E-state index in [1.54, 1.807) is 6.33 Å². The Kier molecular flexibility index (Phi) is 3.03. The van der Waals surface area contributed by atoms with Gasteiger partial charge in [0.15, 0.2) is 5.65 Å². The predicted octanol–water partition coefficient (Wildman–Crippen LogP) is 2.80. The van der Waals surface area contributed by atoms with E-state index in [0.717, 1.165) is 30.7 Å². The van der Waals surface area contributed by atoms with Gasteiger partial charge in [0, 0.05) is 18.3 Å². The van der Waals surface area contributed by atoms with Gasteiger partial charge in [0.25, 0.3) is 0 Å². The summed E-state index contributed by atoms with van der Waals surface area (Å²) in [5.41, 5.74) is 2.00. The molecule has 3 aromatic heterocycles. The van der Waals surface area contributed by atoms with Crippen LogP contribution in [0.3, 0.4) is 0 Å². The lowest BCUT2D eigenvalue weighted by Crippen LogP contribution is -2.13. The molecule has 21 heavy (non-hydrogen) atoms. The molecule has 0 N–H and O–H groups in total. The highest BCUT2D eigenvalue weighted by Gasteiger charge is 2.18. The van der Waals surface area contributed by atoms with E-state index in [0.29, 0.717) is 5.92 Å². The Labute approximate surface area is 123 Å². The summed E-state index contributed by atoms with van der Waals surface area (Å²) in [4.78, 5) is 8.83. The summed E-state index contributed by atoms with van der Waals surface area (Å²) in [6, 6.07) is 6.09. The number of nitrogens with zero attached hydrogens (tertiary/aromatic N) is 5. The van der Waals surface area contributed by atoms with E-state index >= 15 is 0 Å². The van der Waals surface area contributed by atoms with Gasteiger partial charge in [-0.15, -0.1) is 0 Å². The fourth-order valence-corrected chi connectivity index (χ4v) is 3.04. The Bertz CT molecular complexity index is 783. The van der Waals surface area contributed by atoms with Gasteiger partial charge in [0.1, 0.15) is 12.2 Å². The van der Waals surface area contributed by atoms with Crippen molar-refractivity contribution < 1.29 is 0 Å². The molecule has 0 saturated heterocycles. The lowest BCUT2D eigenvalue weighted by Gasteiger charge is -2.19. The number of rotatable bonds is 3. The van der Waals surface area contributed by atoms with Crippen molar-refractivity contribution in [3.63, 3.8) is 0 Å². The molecule has 1 aliphatic rings. The summed E-state index contributed by atoms with van der Waals surface area (Å²) >= 11 is 0. The molecule has 5 nitrogen and oxygen atoms in total. The molecule has 1 unspecified atom stereocenters. The van der Waals surface area contributed by atoms with Crippen LogP contribution in [0.4, 0.5) is 0 Å². The van der Waals surface area contributed by atoms with Crippen LogP contribution in [0.2, 0.25) is 0 Å². The first kappa shape index (κ1) is 12.3. The molecular weight excluding hydrogens is 262 g/mol. The van der Waals surface area contributed by atoms with Crippen molar-refractivity contribution in [2.45, 2.75) is 31.7 Å². The molecule has 3 aromatic rings. The van der Waals surface area contributed by atoms with Crippen LogP contribution in [0.5, 0.6) is 0 Å². The first-order valence-electron chi connectivity index (χ1n) is 7.35. The number of hydrogen-bond acceptors (Lipinski definition) is 3. The topological polar surface area (TPSA) is 48.0 Å². The average molecular weight is 279 g/mol. The van der Waals surface area contributed by atoms with Crippen LogP contribution in [0.25, 0.3) is 5.65 Å². The number of hydrogen-bond donors (Lipinski definition) is 0. The largest absolute Gasteiger partial charge is 0.329 e. The fourth-order valence-electron chi connectivity index (χ4n) is 3.04. The van der Waals surface area contributed by atoms with Crippen LogP contribution in [0, 0.1) is 0 Å². The zero-order chi connectivity index (χ0) is 14.1. The summed E-state index contributed by atoms with van der Waals surface area (Å²) < 4.78 is 4.13. The second-order valence-electron chi connectivity index (χ2n) is 5.44. The Morgan fingerprint density at radius 1 is 1.19 bits per heavy atom. The first-order chi connectivity index (χ1) is 10.4. The van der Waals surface area contributed by atoms with Gasteiger partial charge in [-0.1, -0.05) is 18.2 Å². The van der Waals surface area contributed by atoms with Crippen LogP contribution >= 0.6 is 0 Å². The van der Waals surface area contributed by atoms with Gasteiger partial charge in [-0.05, 0) is 31.4 Å². The van der Waals surface area contributed by atoms with Crippen LogP contribution in [0.1, 0.15) is 36.7 Å². The molecule has 0 fully saturated rings. The van der Waals surface area contributed by atoms with Crippen molar-refractivity contribution in [2.75, 3.05) is 0 Å². The van der Waals surface area contributed by atoms with E-state index < -0.39 is 0 Å². The summed E-state index contributed by atoms with van der Waals surface area (Å²) in [6.07, 6.45) is 13.5. The third kappa shape index (κ3) is 2.24. The van der Waals surface area contributed by atoms with E-state index in [-0.39, 0.29) is 0 Å². The zero-order valence-electron chi connectivity index (χ0n) is 11.8. The highest BCUT2D eigenvalue weighted by Crippen LogP contribution is 2.28. The molecule has 106 valence electrons. The van der Waals surface area contributed by atoms with Gasteiger partial charge in [0.05, 0.1) is 12.2 Å². The molecule has 5 heteroatoms. The Morgan fingerprint density at radius 2 is 2.19 bits per heavy atom. The van der Waals surface area contributed by atoms with Crippen molar-refractivity contribution in [3.8, 4) is 0 Å². The maximum Gasteiger partial charge on any atom is 0.155 e. The predicted molar refractivity (Wildman–Crippen MR) is 80.0 cm³/mol. The van der Waals surface area contributed by atoms with Crippen LogP contribution in [-0.2, 0) is 6.54 Å². The van der Waals surface area contributed by atoms with E-state index in [1.165, 1.54) is 12.2 Å². The Morgan fingerprint density at radius 3 is 3.10 bits per heavy atom. The van der Waals surface area contributed by atoms with Crippen LogP contribution in [0.15, 0.2) is 49.1 Å². The van der Waals surface area contributed by atoms with Crippen molar-refractivity contribution in [2.24, 2.45) is 0 Å². The summed E-state index contributed by atoms with van der Waals surface area (Å²) in [7, 11) is 0. The third-order valence-corrected chi connectivity index (χ3v) is 4.09. The average Bonchev–Trinajstić information content (AvgIpc) is 3.17. The second kappa shape index (κ2) is 5.16. The molecule has 0 spiro atoms. The number of aromatic nitrogens is 5. The molecule has 1 aliphatic carbocycles. The quantitative estimate of drug-likeness (QED) is 0.693. The summed E-state index contributed by atoms with van der Waals surface area (Å²) in [5.74, 6) is 1.71. The molecule has 3 heterocycles. The van der Waals surface area contributed by atoms with Gasteiger partial charge < -0.3 is 4.57 Å². The highest BCUT2D eigenvalue weighted by atomic mass is 15.3. The van der Waals surface area contributed by atoms with E-state index in [9.17, 15) is 0 Å². The SMILES string of the molecule is C1=CCC(c2nccn2Cc2cccc3ncnn23)CC1. The Hall–Kier alpha value is -2.43. The van der Waals surface area contributed by atoms with E-state index in [4.69, 9.17) is 0 Å². The van der Waals surface area contributed by atoms with Crippen molar-refractivity contribution in [1.29, 1.82) is 0 Å². The van der Waals surface area contributed by atoms with Gasteiger partial charge >= 0.3 is 0 Å². The molecule has 0 aromatic carbocycles. The molecule has 0 aliphatic heterocycles. The molecule has 4 rings (SSSR count). The molecule has 0 bridgehead atoms.